The highest BCUT2D eigenvalue weighted by Crippen LogP contribution is 2.15. The first-order chi connectivity index (χ1) is 21.5. The molecule has 6 nitrogen and oxygen atoms in total. The lowest BCUT2D eigenvalue weighted by Crippen LogP contribution is -2.53. The van der Waals surface area contributed by atoms with Crippen molar-refractivity contribution in [2.45, 2.75) is 218 Å². The second-order valence-electron chi connectivity index (χ2n) is 13.3. The Hall–Kier alpha value is -0.950. The van der Waals surface area contributed by atoms with Gasteiger partial charge in [-0.25, -0.2) is 0 Å². The van der Waals surface area contributed by atoms with Crippen molar-refractivity contribution in [2.75, 3.05) is 6.61 Å². The molecule has 0 aromatic rings. The van der Waals surface area contributed by atoms with Gasteiger partial charge >= 0.3 is 0 Å². The van der Waals surface area contributed by atoms with Gasteiger partial charge in [-0.3, -0.25) is 4.79 Å². The van der Waals surface area contributed by atoms with Gasteiger partial charge in [0, 0.05) is 0 Å². The number of hydrogen-bond acceptors (Lipinski definition) is 5. The van der Waals surface area contributed by atoms with E-state index in [2.05, 4.69) is 31.3 Å². The van der Waals surface area contributed by atoms with Crippen LogP contribution >= 0.6 is 0 Å². The number of carbonyl (C=O) groups is 1. The van der Waals surface area contributed by atoms with Crippen molar-refractivity contribution < 1.29 is 25.2 Å². The SMILES string of the molecule is CCCCCCCCCCCCCC/C=C\CCCCCCCCCCCC(O)C(=O)NC(CO)C(O)C(O)CCCCC. The van der Waals surface area contributed by atoms with E-state index in [1.54, 1.807) is 0 Å². The highest BCUT2D eigenvalue weighted by atomic mass is 16.3. The van der Waals surface area contributed by atoms with Gasteiger partial charge in [0.1, 0.15) is 12.2 Å². The van der Waals surface area contributed by atoms with Crippen LogP contribution in [0, 0.1) is 0 Å². The van der Waals surface area contributed by atoms with Gasteiger partial charge in [0.05, 0.1) is 18.8 Å². The minimum atomic E-state index is -1.25. The number of hydrogen-bond donors (Lipinski definition) is 5. The summed E-state index contributed by atoms with van der Waals surface area (Å²) >= 11 is 0. The molecule has 4 unspecified atom stereocenters. The molecule has 44 heavy (non-hydrogen) atoms. The number of amides is 1. The Morgan fingerprint density at radius 1 is 0.545 bits per heavy atom. The van der Waals surface area contributed by atoms with Gasteiger partial charge in [0.25, 0.3) is 0 Å². The number of unbranched alkanes of at least 4 members (excludes halogenated alkanes) is 23. The summed E-state index contributed by atoms with van der Waals surface area (Å²) in [6.07, 6.45) is 34.8. The first kappa shape index (κ1) is 43.0. The number of aliphatic hydroxyl groups is 4. The fourth-order valence-corrected chi connectivity index (χ4v) is 5.87. The lowest BCUT2D eigenvalue weighted by Gasteiger charge is -2.27. The molecule has 0 aromatic heterocycles. The third kappa shape index (κ3) is 27.4. The predicted molar refractivity (Wildman–Crippen MR) is 187 cm³/mol. The maximum Gasteiger partial charge on any atom is 0.249 e. The Labute approximate surface area is 272 Å². The molecule has 0 aliphatic rings. The van der Waals surface area contributed by atoms with E-state index in [0.29, 0.717) is 12.8 Å². The van der Waals surface area contributed by atoms with E-state index in [0.717, 1.165) is 38.5 Å². The van der Waals surface area contributed by atoms with Crippen molar-refractivity contribution in [2.24, 2.45) is 0 Å². The number of rotatable bonds is 34. The van der Waals surface area contributed by atoms with Gasteiger partial charge in [0.15, 0.2) is 0 Å². The molecular formula is C38H75NO5. The quantitative estimate of drug-likeness (QED) is 0.0362. The maximum atomic E-state index is 12.3. The molecule has 0 aromatic carbocycles. The van der Waals surface area contributed by atoms with Crippen LogP contribution in [0.1, 0.15) is 194 Å². The summed E-state index contributed by atoms with van der Waals surface area (Å²) in [6, 6.07) is -0.978. The highest BCUT2D eigenvalue weighted by Gasteiger charge is 2.28. The van der Waals surface area contributed by atoms with Crippen molar-refractivity contribution >= 4 is 5.91 Å². The summed E-state index contributed by atoms with van der Waals surface area (Å²) in [5.41, 5.74) is 0. The van der Waals surface area contributed by atoms with E-state index in [1.807, 2.05) is 0 Å². The molecule has 1 amide bonds. The molecule has 0 saturated carbocycles. The Kier molecular flexibility index (Phi) is 32.7. The summed E-state index contributed by atoms with van der Waals surface area (Å²) < 4.78 is 0. The Morgan fingerprint density at radius 3 is 1.34 bits per heavy atom. The van der Waals surface area contributed by atoms with Gasteiger partial charge < -0.3 is 25.7 Å². The number of aliphatic hydroxyl groups excluding tert-OH is 4. The standard InChI is InChI=1S/C38H75NO5/c1-3-5-7-8-9-10-11-12-13-14-15-16-17-18-19-20-21-22-23-24-25-26-27-28-30-32-36(42)38(44)39-34(33-40)37(43)35(41)31-29-6-4-2/h18-19,34-37,40-43H,3-17,20-33H2,1-2H3,(H,39,44)/b19-18-. The molecule has 0 aliphatic carbocycles. The zero-order valence-electron chi connectivity index (χ0n) is 29.2. The Bertz CT molecular complexity index is 628. The zero-order valence-corrected chi connectivity index (χ0v) is 29.2. The normalized spacial score (nSPS) is 14.6. The van der Waals surface area contributed by atoms with Crippen molar-refractivity contribution in [3.8, 4) is 0 Å². The van der Waals surface area contributed by atoms with Crippen molar-refractivity contribution in [3.63, 3.8) is 0 Å². The van der Waals surface area contributed by atoms with Crippen LogP contribution in [0.4, 0.5) is 0 Å². The first-order valence-electron chi connectivity index (χ1n) is 19.1. The molecule has 0 saturated heterocycles. The van der Waals surface area contributed by atoms with Gasteiger partial charge in [-0.1, -0.05) is 167 Å². The van der Waals surface area contributed by atoms with Crippen LogP contribution in [0.2, 0.25) is 0 Å². The molecule has 0 spiro atoms. The average molecular weight is 626 g/mol. The van der Waals surface area contributed by atoms with Crippen molar-refractivity contribution in [1.29, 1.82) is 0 Å². The van der Waals surface area contributed by atoms with Gasteiger partial charge in [0.2, 0.25) is 5.91 Å². The summed E-state index contributed by atoms with van der Waals surface area (Å²) in [4.78, 5) is 12.3. The zero-order chi connectivity index (χ0) is 32.5. The minimum Gasteiger partial charge on any atom is -0.394 e. The molecule has 262 valence electrons. The second kappa shape index (κ2) is 33.4. The second-order valence-corrected chi connectivity index (χ2v) is 13.3. The van der Waals surface area contributed by atoms with E-state index in [-0.39, 0.29) is 0 Å². The Morgan fingerprint density at radius 2 is 0.909 bits per heavy atom. The molecule has 0 fully saturated rings. The summed E-state index contributed by atoms with van der Waals surface area (Å²) in [5.74, 6) is -0.594. The van der Waals surface area contributed by atoms with Crippen LogP contribution in [0.3, 0.4) is 0 Å². The number of allylic oxidation sites excluding steroid dienone is 2. The Balaban J connectivity index is 3.54. The van der Waals surface area contributed by atoms with E-state index in [1.165, 1.54) is 128 Å². The third-order valence-electron chi connectivity index (χ3n) is 8.98. The lowest BCUT2D eigenvalue weighted by atomic mass is 10.00. The summed E-state index contributed by atoms with van der Waals surface area (Å²) in [6.45, 7) is 3.86. The van der Waals surface area contributed by atoms with E-state index in [9.17, 15) is 25.2 Å². The van der Waals surface area contributed by atoms with Crippen LogP contribution in [-0.4, -0.2) is 57.3 Å². The minimum absolute atomic E-state index is 0.367. The molecule has 6 heteroatoms. The van der Waals surface area contributed by atoms with Crippen LogP contribution in [-0.2, 0) is 4.79 Å². The molecule has 4 atom stereocenters. The van der Waals surface area contributed by atoms with Crippen LogP contribution < -0.4 is 5.32 Å². The van der Waals surface area contributed by atoms with Crippen molar-refractivity contribution in [1.82, 2.24) is 5.32 Å². The summed E-state index contributed by atoms with van der Waals surface area (Å²) in [7, 11) is 0. The maximum absolute atomic E-state index is 12.3. The fourth-order valence-electron chi connectivity index (χ4n) is 5.87. The van der Waals surface area contributed by atoms with Crippen LogP contribution in [0.5, 0.6) is 0 Å². The third-order valence-corrected chi connectivity index (χ3v) is 8.98. The molecule has 5 N–H and O–H groups in total. The fraction of sp³-hybridized carbons (Fsp3) is 0.921. The topological polar surface area (TPSA) is 110 Å². The number of nitrogens with one attached hydrogen (secondary N) is 1. The van der Waals surface area contributed by atoms with Crippen LogP contribution in [0.15, 0.2) is 12.2 Å². The van der Waals surface area contributed by atoms with E-state index < -0.39 is 36.9 Å². The molecule has 0 radical (unpaired) electrons. The highest BCUT2D eigenvalue weighted by molar-refractivity contribution is 5.80. The van der Waals surface area contributed by atoms with Crippen molar-refractivity contribution in [3.05, 3.63) is 12.2 Å². The lowest BCUT2D eigenvalue weighted by molar-refractivity contribution is -0.132. The predicted octanol–water partition coefficient (Wildman–Crippen LogP) is 9.07. The molecule has 0 bridgehead atoms. The van der Waals surface area contributed by atoms with Gasteiger partial charge in [-0.05, 0) is 38.5 Å². The molecular weight excluding hydrogens is 550 g/mol. The first-order valence-corrected chi connectivity index (χ1v) is 19.1. The summed E-state index contributed by atoms with van der Waals surface area (Å²) in [5, 5.41) is 42.6. The van der Waals surface area contributed by atoms with E-state index in [4.69, 9.17) is 0 Å². The monoisotopic (exact) mass is 626 g/mol. The van der Waals surface area contributed by atoms with Gasteiger partial charge in [-0.2, -0.15) is 0 Å². The van der Waals surface area contributed by atoms with Gasteiger partial charge in [-0.15, -0.1) is 0 Å². The smallest absolute Gasteiger partial charge is 0.249 e. The molecule has 0 heterocycles. The average Bonchev–Trinajstić information content (AvgIpc) is 3.03. The van der Waals surface area contributed by atoms with Crippen LogP contribution in [0.25, 0.3) is 0 Å². The molecule has 0 rings (SSSR count). The molecule has 0 aliphatic heterocycles. The largest absolute Gasteiger partial charge is 0.394 e. The van der Waals surface area contributed by atoms with E-state index >= 15 is 0 Å². The number of carbonyl (C=O) groups excluding carboxylic acids is 1.